The van der Waals surface area contributed by atoms with E-state index in [0.717, 1.165) is 41.0 Å². The Kier molecular flexibility index (Phi) is 20.1. The number of aromatic nitrogens is 2. The molecule has 278 valence electrons. The molecule has 5 rings (SSSR count). The Bertz CT molecular complexity index is 1180. The summed E-state index contributed by atoms with van der Waals surface area (Å²) in [4.78, 5) is 34.8. The van der Waals surface area contributed by atoms with E-state index >= 15 is 0 Å². The van der Waals surface area contributed by atoms with Crippen molar-refractivity contribution in [3.05, 3.63) is 45.9 Å². The molecule has 2 aromatic rings. The molecule has 3 aliphatic rings. The monoisotopic (exact) mass is 818 g/mol. The van der Waals surface area contributed by atoms with Crippen LogP contribution < -0.4 is 4.74 Å². The average Bonchev–Trinajstić information content (AvgIpc) is 3.60. The summed E-state index contributed by atoms with van der Waals surface area (Å²) in [5.74, 6) is 0.946. The lowest BCUT2D eigenvalue weighted by atomic mass is 10.1. The molecule has 0 aliphatic carbocycles. The Hall–Kier alpha value is -2.68. The van der Waals surface area contributed by atoms with Crippen LogP contribution in [0.5, 0.6) is 11.5 Å². The van der Waals surface area contributed by atoms with Crippen molar-refractivity contribution in [1.82, 2.24) is 19.8 Å². The van der Waals surface area contributed by atoms with E-state index in [9.17, 15) is 14.7 Å². The molecule has 12 nitrogen and oxygen atoms in total. The quantitative estimate of drug-likeness (QED) is 0.286. The molecule has 49 heavy (non-hydrogen) atoms. The molecule has 2 aromatic heterocycles. The normalized spacial score (nSPS) is 16.7. The summed E-state index contributed by atoms with van der Waals surface area (Å²) >= 11 is 6.42. The van der Waals surface area contributed by atoms with E-state index in [-0.39, 0.29) is 37.6 Å². The number of likely N-dealkylation sites (tertiary alicyclic amines) is 2. The molecule has 3 aliphatic heterocycles. The van der Waals surface area contributed by atoms with E-state index in [1.54, 1.807) is 28.1 Å². The second-order valence-corrected chi connectivity index (χ2v) is 15.1. The van der Waals surface area contributed by atoms with E-state index in [0.29, 0.717) is 39.0 Å². The van der Waals surface area contributed by atoms with Crippen LogP contribution in [-0.4, -0.2) is 105 Å². The second-order valence-electron chi connectivity index (χ2n) is 13.5. The number of halogens is 2. The van der Waals surface area contributed by atoms with E-state index in [2.05, 4.69) is 41.8 Å². The SMILES string of the molecule is C.C1CCOC1.CC(C)(C)OC(=O)N1CCC(O)CC1.CC(C)(C)OC(=O)N1CCC(Oc2ccc(Br)nc2)CC1.Oc1ccc(Br)nc1. The van der Waals surface area contributed by atoms with Gasteiger partial charge in [-0.25, -0.2) is 19.6 Å². The predicted octanol–water partition coefficient (Wildman–Crippen LogP) is 7.98. The number of ether oxygens (including phenoxy) is 4. The van der Waals surface area contributed by atoms with Crippen LogP contribution in [0.15, 0.2) is 45.9 Å². The van der Waals surface area contributed by atoms with Crippen molar-refractivity contribution >= 4 is 44.0 Å². The molecule has 0 atom stereocenters. The first-order chi connectivity index (χ1) is 22.5. The number of aromatic hydroxyl groups is 1. The summed E-state index contributed by atoms with van der Waals surface area (Å²) in [6, 6.07) is 6.98. The maximum atomic E-state index is 12.0. The number of carbonyl (C=O) groups excluding carboxylic acids is 2. The molecule has 14 heteroatoms. The summed E-state index contributed by atoms with van der Waals surface area (Å²) in [6.07, 6.45) is 7.88. The molecule has 3 saturated heterocycles. The van der Waals surface area contributed by atoms with Gasteiger partial charge in [-0.3, -0.25) is 0 Å². The second kappa shape index (κ2) is 22.2. The first-order valence-electron chi connectivity index (χ1n) is 16.3. The van der Waals surface area contributed by atoms with Gasteiger partial charge in [0.15, 0.2) is 0 Å². The number of aliphatic hydroxyl groups is 1. The van der Waals surface area contributed by atoms with Gasteiger partial charge in [0.1, 0.15) is 38.0 Å². The van der Waals surface area contributed by atoms with Crippen LogP contribution in [0.1, 0.15) is 87.5 Å². The number of nitrogens with zero attached hydrogens (tertiary/aromatic N) is 4. The highest BCUT2D eigenvalue weighted by atomic mass is 79.9. The fourth-order valence-corrected chi connectivity index (χ4v) is 4.83. The molecule has 0 aromatic carbocycles. The molecule has 0 bridgehead atoms. The lowest BCUT2D eigenvalue weighted by Gasteiger charge is -2.33. The summed E-state index contributed by atoms with van der Waals surface area (Å²) < 4.78 is 22.9. The van der Waals surface area contributed by atoms with Crippen molar-refractivity contribution in [1.29, 1.82) is 0 Å². The number of hydrogen-bond donors (Lipinski definition) is 2. The predicted molar refractivity (Wildman–Crippen MR) is 197 cm³/mol. The summed E-state index contributed by atoms with van der Waals surface area (Å²) in [7, 11) is 0. The standard InChI is InChI=1S/C15H21BrN2O3.C10H19NO3.C5H4BrNO.C4H8O.CH4/c1-15(2,3)21-14(19)18-8-6-11(7-9-18)20-12-4-5-13(16)17-10-12;1-10(2,3)14-9(13)11-6-4-8(12)5-7-11;6-5-2-1-4(8)3-7-5;1-2-4-5-3-1;/h4-5,10-11H,6-9H2,1-3H3;8,12H,4-7H2,1-3H3;1-3,8H;1-4H2;1H4. The van der Waals surface area contributed by atoms with Crippen molar-refractivity contribution in [3.8, 4) is 11.5 Å². The van der Waals surface area contributed by atoms with E-state index in [1.165, 1.54) is 19.0 Å². The van der Waals surface area contributed by atoms with Crippen molar-refractivity contribution in [2.45, 2.75) is 111 Å². The highest BCUT2D eigenvalue weighted by Crippen LogP contribution is 2.21. The van der Waals surface area contributed by atoms with Gasteiger partial charge in [-0.1, -0.05) is 7.43 Å². The average molecular weight is 821 g/mol. The van der Waals surface area contributed by atoms with Gasteiger partial charge in [0, 0.05) is 52.2 Å². The highest BCUT2D eigenvalue weighted by molar-refractivity contribution is 9.10. The molecule has 0 spiro atoms. The zero-order valence-electron chi connectivity index (χ0n) is 29.0. The van der Waals surface area contributed by atoms with E-state index < -0.39 is 11.2 Å². The zero-order chi connectivity index (χ0) is 35.7. The Balaban J connectivity index is 0.000000366. The van der Waals surface area contributed by atoms with Crippen LogP contribution >= 0.6 is 31.9 Å². The summed E-state index contributed by atoms with van der Waals surface area (Å²) in [6.45, 7) is 15.7. The van der Waals surface area contributed by atoms with Crippen molar-refractivity contribution in [2.75, 3.05) is 39.4 Å². The molecule has 0 radical (unpaired) electrons. The first-order valence-corrected chi connectivity index (χ1v) is 17.9. The third-order valence-corrected chi connectivity index (χ3v) is 7.69. The fraction of sp³-hybridized carbons (Fsp3) is 0.657. The molecular weight excluding hydrogens is 764 g/mol. The van der Waals surface area contributed by atoms with Gasteiger partial charge in [-0.05, 0) is 123 Å². The molecule has 5 heterocycles. The molecule has 3 fully saturated rings. The Morgan fingerprint density at radius 1 is 0.776 bits per heavy atom. The number of amides is 2. The van der Waals surface area contributed by atoms with Gasteiger partial charge in [0.25, 0.3) is 0 Å². The molecule has 0 unspecified atom stereocenters. The third kappa shape index (κ3) is 20.6. The lowest BCUT2D eigenvalue weighted by Crippen LogP contribution is -2.44. The summed E-state index contributed by atoms with van der Waals surface area (Å²) in [5, 5.41) is 17.9. The van der Waals surface area contributed by atoms with Gasteiger partial charge < -0.3 is 39.0 Å². The Morgan fingerprint density at radius 2 is 1.22 bits per heavy atom. The van der Waals surface area contributed by atoms with E-state index in [4.69, 9.17) is 24.1 Å². The van der Waals surface area contributed by atoms with E-state index in [1.807, 2.05) is 53.7 Å². The van der Waals surface area contributed by atoms with Gasteiger partial charge in [-0.15, -0.1) is 0 Å². The van der Waals surface area contributed by atoms with Crippen LogP contribution in [0.2, 0.25) is 0 Å². The van der Waals surface area contributed by atoms with Crippen molar-refractivity contribution in [3.63, 3.8) is 0 Å². The van der Waals surface area contributed by atoms with Crippen LogP contribution in [0.4, 0.5) is 9.59 Å². The van der Waals surface area contributed by atoms with Gasteiger partial charge in [0.2, 0.25) is 0 Å². The molecular formula is C35H56Br2N4O8. The van der Waals surface area contributed by atoms with Gasteiger partial charge in [-0.2, -0.15) is 0 Å². The summed E-state index contributed by atoms with van der Waals surface area (Å²) in [5.41, 5.74) is -0.888. The number of pyridine rings is 2. The molecule has 2 amide bonds. The largest absolute Gasteiger partial charge is 0.506 e. The zero-order valence-corrected chi connectivity index (χ0v) is 32.2. The first kappa shape index (κ1) is 44.3. The van der Waals surface area contributed by atoms with Crippen LogP contribution in [0.3, 0.4) is 0 Å². The third-order valence-electron chi connectivity index (χ3n) is 6.75. The minimum absolute atomic E-state index is 0. The minimum Gasteiger partial charge on any atom is -0.506 e. The topological polar surface area (TPSA) is 144 Å². The van der Waals surface area contributed by atoms with Crippen LogP contribution in [0.25, 0.3) is 0 Å². The maximum absolute atomic E-state index is 12.0. The highest BCUT2D eigenvalue weighted by Gasteiger charge is 2.28. The number of carbonyl (C=O) groups is 2. The van der Waals surface area contributed by atoms with Gasteiger partial charge >= 0.3 is 12.2 Å². The Labute approximate surface area is 309 Å². The smallest absolute Gasteiger partial charge is 0.410 e. The Morgan fingerprint density at radius 3 is 1.57 bits per heavy atom. The molecule has 0 saturated carbocycles. The van der Waals surface area contributed by atoms with Crippen LogP contribution in [0, 0.1) is 0 Å². The van der Waals surface area contributed by atoms with Gasteiger partial charge in [0.05, 0.1) is 18.5 Å². The maximum Gasteiger partial charge on any atom is 0.410 e. The number of piperidine rings is 2. The fourth-order valence-electron chi connectivity index (χ4n) is 4.36. The van der Waals surface area contributed by atoms with Crippen molar-refractivity contribution < 1.29 is 38.7 Å². The number of hydrogen-bond acceptors (Lipinski definition) is 10. The number of rotatable bonds is 2. The van der Waals surface area contributed by atoms with Crippen molar-refractivity contribution in [2.24, 2.45) is 0 Å². The minimum atomic E-state index is -0.451. The van der Waals surface area contributed by atoms with Crippen LogP contribution in [-0.2, 0) is 14.2 Å². The lowest BCUT2D eigenvalue weighted by molar-refractivity contribution is 0.00959. The molecule has 2 N–H and O–H groups in total. The number of aliphatic hydroxyl groups excluding tert-OH is 1.